The highest BCUT2D eigenvalue weighted by atomic mass is 35.5. The summed E-state index contributed by atoms with van der Waals surface area (Å²) in [6.45, 7) is 5.58. The number of carbonyl (C=O) groups is 2. The van der Waals surface area contributed by atoms with Gasteiger partial charge in [0, 0.05) is 37.8 Å². The number of rotatable bonds is 3. The molecule has 6 nitrogen and oxygen atoms in total. The molecule has 0 spiro atoms. The number of amides is 3. The lowest BCUT2D eigenvalue weighted by molar-refractivity contribution is -0.136. The molecular formula is C19H29ClN4O2. The topological polar surface area (TPSA) is 78.7 Å². The second kappa shape index (κ2) is 8.73. The van der Waals surface area contributed by atoms with Crippen molar-refractivity contribution in [1.82, 2.24) is 9.80 Å². The molecule has 0 aliphatic carbocycles. The van der Waals surface area contributed by atoms with Crippen molar-refractivity contribution in [2.75, 3.05) is 38.0 Å². The summed E-state index contributed by atoms with van der Waals surface area (Å²) in [6, 6.07) is 9.36. The van der Waals surface area contributed by atoms with E-state index in [-0.39, 0.29) is 35.7 Å². The Labute approximate surface area is 161 Å². The molecule has 26 heavy (non-hydrogen) atoms. The Hall–Kier alpha value is -1.79. The first-order valence-corrected chi connectivity index (χ1v) is 9.11. The summed E-state index contributed by atoms with van der Waals surface area (Å²) in [5, 5.41) is 2.91. The Kier molecular flexibility index (Phi) is 6.89. The van der Waals surface area contributed by atoms with Crippen molar-refractivity contribution in [1.29, 1.82) is 0 Å². The molecule has 1 aromatic rings. The molecule has 2 aliphatic rings. The van der Waals surface area contributed by atoms with Gasteiger partial charge in [-0.25, -0.2) is 4.79 Å². The van der Waals surface area contributed by atoms with Crippen LogP contribution in [0.25, 0.3) is 0 Å². The summed E-state index contributed by atoms with van der Waals surface area (Å²) in [7, 11) is 0. The van der Waals surface area contributed by atoms with Crippen LogP contribution in [0, 0.1) is 11.3 Å². The number of halogens is 1. The molecule has 3 N–H and O–H groups in total. The standard InChI is InChI=1S/C19H28N4O2.ClH/c1-19(13-20)9-12-23(14-19)17(24)15-7-10-22(11-8-15)18(25)21-16-5-3-2-4-6-16;/h2-6,15H,7-14,20H2,1H3,(H,21,25);1H. The average molecular weight is 381 g/mol. The van der Waals surface area contributed by atoms with Gasteiger partial charge in [-0.3, -0.25) is 4.79 Å². The van der Waals surface area contributed by atoms with E-state index in [9.17, 15) is 9.59 Å². The third kappa shape index (κ3) is 4.68. The van der Waals surface area contributed by atoms with Gasteiger partial charge in [-0.15, -0.1) is 12.4 Å². The molecule has 0 saturated carbocycles. The van der Waals surface area contributed by atoms with Gasteiger partial charge in [-0.2, -0.15) is 0 Å². The van der Waals surface area contributed by atoms with E-state index in [4.69, 9.17) is 5.73 Å². The zero-order valence-corrected chi connectivity index (χ0v) is 16.1. The minimum atomic E-state index is -0.0889. The van der Waals surface area contributed by atoms with Gasteiger partial charge in [-0.05, 0) is 43.4 Å². The number of benzene rings is 1. The van der Waals surface area contributed by atoms with Crippen LogP contribution in [-0.4, -0.2) is 54.5 Å². The van der Waals surface area contributed by atoms with Crippen molar-refractivity contribution in [2.24, 2.45) is 17.1 Å². The molecule has 3 rings (SSSR count). The lowest BCUT2D eigenvalue weighted by Gasteiger charge is -2.33. The van der Waals surface area contributed by atoms with Crippen LogP contribution in [0.5, 0.6) is 0 Å². The number of nitrogens with zero attached hydrogens (tertiary/aromatic N) is 2. The maximum Gasteiger partial charge on any atom is 0.321 e. The number of carbonyl (C=O) groups excluding carboxylic acids is 2. The zero-order valence-electron chi connectivity index (χ0n) is 15.3. The van der Waals surface area contributed by atoms with Crippen molar-refractivity contribution in [3.05, 3.63) is 30.3 Å². The van der Waals surface area contributed by atoms with Gasteiger partial charge < -0.3 is 20.9 Å². The van der Waals surface area contributed by atoms with E-state index in [2.05, 4.69) is 12.2 Å². The van der Waals surface area contributed by atoms with Crippen LogP contribution in [0.2, 0.25) is 0 Å². The van der Waals surface area contributed by atoms with E-state index in [0.29, 0.717) is 19.6 Å². The van der Waals surface area contributed by atoms with E-state index in [1.807, 2.05) is 35.2 Å². The van der Waals surface area contributed by atoms with Crippen LogP contribution < -0.4 is 11.1 Å². The Balaban J connectivity index is 0.00000243. The highest BCUT2D eigenvalue weighted by Gasteiger charge is 2.38. The predicted molar refractivity (Wildman–Crippen MR) is 105 cm³/mol. The van der Waals surface area contributed by atoms with Crippen LogP contribution in [0.1, 0.15) is 26.2 Å². The summed E-state index contributed by atoms with van der Waals surface area (Å²) in [6.07, 6.45) is 2.45. The van der Waals surface area contributed by atoms with E-state index < -0.39 is 0 Å². The number of nitrogens with two attached hydrogens (primary N) is 1. The maximum absolute atomic E-state index is 12.7. The second-order valence-corrected chi connectivity index (χ2v) is 7.58. The summed E-state index contributed by atoms with van der Waals surface area (Å²) in [5.41, 5.74) is 6.69. The SMILES string of the molecule is CC1(CN)CCN(C(=O)C2CCN(C(=O)Nc3ccccc3)CC2)C1.Cl. The van der Waals surface area contributed by atoms with Gasteiger partial charge in [-0.1, -0.05) is 25.1 Å². The predicted octanol–water partition coefficient (Wildman–Crippen LogP) is 2.55. The summed E-state index contributed by atoms with van der Waals surface area (Å²) < 4.78 is 0. The highest BCUT2D eigenvalue weighted by molar-refractivity contribution is 5.89. The van der Waals surface area contributed by atoms with Crippen LogP contribution in [0.15, 0.2) is 30.3 Å². The summed E-state index contributed by atoms with van der Waals surface area (Å²) in [5.74, 6) is 0.265. The molecule has 0 radical (unpaired) electrons. The monoisotopic (exact) mass is 380 g/mol. The van der Waals surface area contributed by atoms with E-state index in [1.165, 1.54) is 0 Å². The number of para-hydroxylation sites is 1. The van der Waals surface area contributed by atoms with Crippen LogP contribution in [0.4, 0.5) is 10.5 Å². The molecule has 1 unspecified atom stereocenters. The van der Waals surface area contributed by atoms with E-state index in [1.54, 1.807) is 4.90 Å². The molecule has 1 aromatic carbocycles. The third-order valence-electron chi connectivity index (χ3n) is 5.52. The molecule has 0 bridgehead atoms. The molecule has 7 heteroatoms. The Morgan fingerprint density at radius 1 is 1.15 bits per heavy atom. The van der Waals surface area contributed by atoms with Crippen molar-refractivity contribution in [3.8, 4) is 0 Å². The number of hydrogen-bond donors (Lipinski definition) is 2. The van der Waals surface area contributed by atoms with Crippen molar-refractivity contribution in [3.63, 3.8) is 0 Å². The van der Waals surface area contributed by atoms with Gasteiger partial charge in [0.25, 0.3) is 0 Å². The average Bonchev–Trinajstić information content (AvgIpc) is 3.05. The number of nitrogens with one attached hydrogen (secondary N) is 1. The van der Waals surface area contributed by atoms with E-state index >= 15 is 0 Å². The van der Waals surface area contributed by atoms with E-state index in [0.717, 1.165) is 38.0 Å². The molecular weight excluding hydrogens is 352 g/mol. The van der Waals surface area contributed by atoms with Crippen LogP contribution in [0.3, 0.4) is 0 Å². The molecule has 1 atom stereocenters. The molecule has 2 aliphatic heterocycles. The minimum absolute atomic E-state index is 0. The normalized spacial score (nSPS) is 23.5. The fraction of sp³-hybridized carbons (Fsp3) is 0.579. The zero-order chi connectivity index (χ0) is 17.9. The highest BCUT2D eigenvalue weighted by Crippen LogP contribution is 2.31. The first-order chi connectivity index (χ1) is 12.0. The number of hydrogen-bond acceptors (Lipinski definition) is 3. The Morgan fingerprint density at radius 2 is 1.81 bits per heavy atom. The number of piperidine rings is 1. The number of likely N-dealkylation sites (tertiary alicyclic amines) is 2. The quantitative estimate of drug-likeness (QED) is 0.845. The summed E-state index contributed by atoms with van der Waals surface area (Å²) >= 11 is 0. The maximum atomic E-state index is 12.7. The third-order valence-corrected chi connectivity index (χ3v) is 5.52. The largest absolute Gasteiger partial charge is 0.342 e. The fourth-order valence-electron chi connectivity index (χ4n) is 3.69. The molecule has 0 aromatic heterocycles. The lowest BCUT2D eigenvalue weighted by Crippen LogP contribution is -2.45. The Morgan fingerprint density at radius 3 is 2.38 bits per heavy atom. The molecule has 2 heterocycles. The van der Waals surface area contributed by atoms with Gasteiger partial charge >= 0.3 is 6.03 Å². The lowest BCUT2D eigenvalue weighted by atomic mass is 9.90. The van der Waals surface area contributed by atoms with Crippen molar-refractivity contribution < 1.29 is 9.59 Å². The first kappa shape index (κ1) is 20.5. The second-order valence-electron chi connectivity index (χ2n) is 7.58. The molecule has 144 valence electrons. The fourth-order valence-corrected chi connectivity index (χ4v) is 3.69. The minimum Gasteiger partial charge on any atom is -0.342 e. The first-order valence-electron chi connectivity index (χ1n) is 9.11. The molecule has 2 fully saturated rings. The molecule has 3 amide bonds. The summed E-state index contributed by atoms with van der Waals surface area (Å²) in [4.78, 5) is 28.8. The number of anilines is 1. The van der Waals surface area contributed by atoms with Crippen molar-refractivity contribution >= 4 is 30.0 Å². The Bertz CT molecular complexity index is 619. The van der Waals surface area contributed by atoms with Gasteiger partial charge in [0.2, 0.25) is 5.91 Å². The number of urea groups is 1. The van der Waals surface area contributed by atoms with Crippen LogP contribution >= 0.6 is 12.4 Å². The van der Waals surface area contributed by atoms with Crippen LogP contribution in [-0.2, 0) is 4.79 Å². The van der Waals surface area contributed by atoms with Gasteiger partial charge in [0.15, 0.2) is 0 Å². The van der Waals surface area contributed by atoms with Gasteiger partial charge in [0.05, 0.1) is 0 Å². The van der Waals surface area contributed by atoms with Gasteiger partial charge in [0.1, 0.15) is 0 Å². The van der Waals surface area contributed by atoms with Crippen molar-refractivity contribution in [2.45, 2.75) is 26.2 Å². The molecule has 2 saturated heterocycles. The smallest absolute Gasteiger partial charge is 0.321 e.